The number of ether oxygens (including phenoxy) is 2. The molecule has 24 heavy (non-hydrogen) atoms. The summed E-state index contributed by atoms with van der Waals surface area (Å²) >= 11 is 0. The summed E-state index contributed by atoms with van der Waals surface area (Å²) in [6.07, 6.45) is 6.68. The maximum Gasteiger partial charge on any atom is 0.267 e. The van der Waals surface area contributed by atoms with Crippen molar-refractivity contribution >= 4 is 5.91 Å². The van der Waals surface area contributed by atoms with Gasteiger partial charge in [0, 0.05) is 25.5 Å². The van der Waals surface area contributed by atoms with Gasteiger partial charge in [-0.2, -0.15) is 0 Å². The van der Waals surface area contributed by atoms with Crippen molar-refractivity contribution in [1.82, 2.24) is 14.5 Å². The maximum atomic E-state index is 13.0. The number of amides is 1. The number of nitrogens with zero attached hydrogens (tertiary/aromatic N) is 3. The van der Waals surface area contributed by atoms with Crippen LogP contribution in [0.3, 0.4) is 0 Å². The Hall–Kier alpha value is -2.50. The molecule has 0 unspecified atom stereocenters. The number of para-hydroxylation sites is 2. The van der Waals surface area contributed by atoms with Crippen molar-refractivity contribution in [2.45, 2.75) is 38.0 Å². The number of aromatic nitrogens is 2. The van der Waals surface area contributed by atoms with E-state index in [-0.39, 0.29) is 18.1 Å². The summed E-state index contributed by atoms with van der Waals surface area (Å²) in [6, 6.07) is 7.76. The van der Waals surface area contributed by atoms with Crippen LogP contribution in [-0.4, -0.2) is 45.7 Å². The number of hydrogen-bond acceptors (Lipinski definition) is 4. The fourth-order valence-electron chi connectivity index (χ4n) is 3.45. The Bertz CT molecular complexity index is 716. The molecule has 0 bridgehead atoms. The van der Waals surface area contributed by atoms with Gasteiger partial charge in [-0.15, -0.1) is 0 Å². The second kappa shape index (κ2) is 6.19. The van der Waals surface area contributed by atoms with E-state index >= 15 is 0 Å². The lowest BCUT2D eigenvalue weighted by atomic mass is 10.0. The van der Waals surface area contributed by atoms with E-state index in [2.05, 4.69) is 9.55 Å². The van der Waals surface area contributed by atoms with Crippen LogP contribution in [0.4, 0.5) is 0 Å². The summed E-state index contributed by atoms with van der Waals surface area (Å²) in [5, 5.41) is 0. The van der Waals surface area contributed by atoms with Crippen molar-refractivity contribution in [3.05, 3.63) is 43.0 Å². The van der Waals surface area contributed by atoms with E-state index in [1.807, 2.05) is 48.6 Å². The Morgan fingerprint density at radius 3 is 2.79 bits per heavy atom. The molecule has 1 aromatic heterocycles. The van der Waals surface area contributed by atoms with Crippen molar-refractivity contribution < 1.29 is 14.3 Å². The van der Waals surface area contributed by atoms with Crippen LogP contribution in [-0.2, 0) is 4.79 Å². The standard InChI is InChI=1S/C18H21N3O3/c1-13-17(24-16-7-3-2-6-15(16)23-13)18(22)20-9-4-5-14(11-20)21-10-8-19-12-21/h2-3,6-8,10,12-14,17H,4-5,9,11H2,1H3/t13-,14+,17-/m0/s1. The number of fused-ring (bicyclic) bond motifs is 1. The second-order valence-corrected chi connectivity index (χ2v) is 6.40. The van der Waals surface area contributed by atoms with Crippen molar-refractivity contribution in [1.29, 1.82) is 0 Å². The molecular formula is C18H21N3O3. The number of carbonyl (C=O) groups is 1. The summed E-state index contributed by atoms with van der Waals surface area (Å²) in [7, 11) is 0. The molecule has 0 saturated carbocycles. The van der Waals surface area contributed by atoms with E-state index in [9.17, 15) is 4.79 Å². The lowest BCUT2D eigenvalue weighted by molar-refractivity contribution is -0.146. The number of rotatable bonds is 2. The van der Waals surface area contributed by atoms with Crippen LogP contribution >= 0.6 is 0 Å². The van der Waals surface area contributed by atoms with E-state index in [1.165, 1.54) is 0 Å². The lowest BCUT2D eigenvalue weighted by Gasteiger charge is -2.38. The Morgan fingerprint density at radius 1 is 1.25 bits per heavy atom. The highest BCUT2D eigenvalue weighted by molar-refractivity contribution is 5.82. The van der Waals surface area contributed by atoms with E-state index in [0.29, 0.717) is 18.0 Å². The number of carbonyl (C=O) groups excluding carboxylic acids is 1. The van der Waals surface area contributed by atoms with Gasteiger partial charge in [0.1, 0.15) is 6.10 Å². The molecule has 2 aromatic rings. The molecule has 1 fully saturated rings. The SMILES string of the molecule is C[C@@H]1Oc2ccccc2O[C@@H]1C(=O)N1CCC[C@@H](n2ccnc2)C1. The number of piperidine rings is 1. The zero-order valence-electron chi connectivity index (χ0n) is 13.7. The molecule has 2 aliphatic heterocycles. The van der Waals surface area contributed by atoms with E-state index in [1.54, 1.807) is 6.20 Å². The number of likely N-dealkylation sites (tertiary alicyclic amines) is 1. The second-order valence-electron chi connectivity index (χ2n) is 6.40. The Kier molecular flexibility index (Phi) is 3.88. The quantitative estimate of drug-likeness (QED) is 0.849. The average Bonchev–Trinajstić information content (AvgIpc) is 3.15. The van der Waals surface area contributed by atoms with Crippen LogP contribution in [0.5, 0.6) is 11.5 Å². The van der Waals surface area contributed by atoms with E-state index < -0.39 is 6.10 Å². The van der Waals surface area contributed by atoms with E-state index in [0.717, 1.165) is 19.4 Å². The first-order chi connectivity index (χ1) is 11.7. The average molecular weight is 327 g/mol. The monoisotopic (exact) mass is 327 g/mol. The third-order valence-corrected chi connectivity index (χ3v) is 4.74. The molecule has 6 heteroatoms. The first-order valence-electron chi connectivity index (χ1n) is 8.41. The van der Waals surface area contributed by atoms with Gasteiger partial charge in [-0.3, -0.25) is 4.79 Å². The van der Waals surface area contributed by atoms with E-state index in [4.69, 9.17) is 9.47 Å². The summed E-state index contributed by atoms with van der Waals surface area (Å²) in [5.41, 5.74) is 0. The van der Waals surface area contributed by atoms with Gasteiger partial charge >= 0.3 is 0 Å². The molecule has 4 rings (SSSR count). The van der Waals surface area contributed by atoms with Gasteiger partial charge in [0.05, 0.1) is 12.4 Å². The van der Waals surface area contributed by atoms with Crippen molar-refractivity contribution in [3.63, 3.8) is 0 Å². The summed E-state index contributed by atoms with van der Waals surface area (Å²) in [5.74, 6) is 1.34. The first-order valence-corrected chi connectivity index (χ1v) is 8.41. The smallest absolute Gasteiger partial charge is 0.267 e. The van der Waals surface area contributed by atoms with Crippen molar-refractivity contribution in [2.75, 3.05) is 13.1 Å². The van der Waals surface area contributed by atoms with Gasteiger partial charge in [-0.25, -0.2) is 4.98 Å². The lowest BCUT2D eigenvalue weighted by Crippen LogP contribution is -2.53. The van der Waals surface area contributed by atoms with Crippen molar-refractivity contribution in [3.8, 4) is 11.5 Å². The molecule has 0 spiro atoms. The first kappa shape index (κ1) is 15.1. The third kappa shape index (κ3) is 2.72. The fourth-order valence-corrected chi connectivity index (χ4v) is 3.45. The molecule has 2 aliphatic rings. The predicted octanol–water partition coefficient (Wildman–Crippen LogP) is 2.28. The largest absolute Gasteiger partial charge is 0.482 e. The molecule has 126 valence electrons. The van der Waals surface area contributed by atoms with Gasteiger partial charge in [-0.05, 0) is 31.9 Å². The molecule has 1 saturated heterocycles. The Labute approximate surface area is 141 Å². The van der Waals surface area contributed by atoms with Crippen LogP contribution < -0.4 is 9.47 Å². The molecule has 0 N–H and O–H groups in total. The Morgan fingerprint density at radius 2 is 2.04 bits per heavy atom. The van der Waals surface area contributed by atoms with Gasteiger partial charge in [-0.1, -0.05) is 12.1 Å². The molecule has 1 aromatic carbocycles. The van der Waals surface area contributed by atoms with Crippen LogP contribution in [0.15, 0.2) is 43.0 Å². The van der Waals surface area contributed by atoms with Gasteiger partial charge < -0.3 is 18.9 Å². The summed E-state index contributed by atoms with van der Waals surface area (Å²) < 4.78 is 13.9. The minimum absolute atomic E-state index is 0.00168. The number of imidazole rings is 1. The van der Waals surface area contributed by atoms with Crippen molar-refractivity contribution in [2.24, 2.45) is 0 Å². The summed E-state index contributed by atoms with van der Waals surface area (Å²) in [6.45, 7) is 3.33. The molecule has 1 amide bonds. The topological polar surface area (TPSA) is 56.6 Å². The van der Waals surface area contributed by atoms with Gasteiger partial charge in [0.25, 0.3) is 5.91 Å². The predicted molar refractivity (Wildman–Crippen MR) is 88.0 cm³/mol. The molecule has 3 atom stereocenters. The van der Waals surface area contributed by atoms with Gasteiger partial charge in [0.2, 0.25) is 6.10 Å². The number of benzene rings is 1. The zero-order valence-corrected chi connectivity index (χ0v) is 13.7. The Balaban J connectivity index is 1.49. The van der Waals surface area contributed by atoms with Gasteiger partial charge in [0.15, 0.2) is 11.5 Å². The maximum absolute atomic E-state index is 13.0. The highest BCUT2D eigenvalue weighted by atomic mass is 16.6. The zero-order chi connectivity index (χ0) is 16.5. The minimum Gasteiger partial charge on any atom is -0.482 e. The molecule has 0 radical (unpaired) electrons. The van der Waals surface area contributed by atoms with Crippen LogP contribution in [0, 0.1) is 0 Å². The third-order valence-electron chi connectivity index (χ3n) is 4.74. The molecule has 0 aliphatic carbocycles. The molecule has 3 heterocycles. The molecule has 6 nitrogen and oxygen atoms in total. The molecular weight excluding hydrogens is 306 g/mol. The number of hydrogen-bond donors (Lipinski definition) is 0. The van der Waals surface area contributed by atoms with Crippen LogP contribution in [0.25, 0.3) is 0 Å². The highest BCUT2D eigenvalue weighted by Gasteiger charge is 2.38. The highest BCUT2D eigenvalue weighted by Crippen LogP contribution is 2.34. The van der Waals surface area contributed by atoms with Crippen LogP contribution in [0.2, 0.25) is 0 Å². The fraction of sp³-hybridized carbons (Fsp3) is 0.444. The normalized spacial score (nSPS) is 26.2. The summed E-state index contributed by atoms with van der Waals surface area (Å²) in [4.78, 5) is 19.0. The minimum atomic E-state index is -0.596. The van der Waals surface area contributed by atoms with Crippen LogP contribution in [0.1, 0.15) is 25.8 Å².